The predicted molar refractivity (Wildman–Crippen MR) is 156 cm³/mol. The lowest BCUT2D eigenvalue weighted by Gasteiger charge is -2.52. The molecule has 1 aromatic heterocycles. The number of Topliss-reactive ketones (excluding diaryl/α,β-unsaturated/α-hetero) is 1. The van der Waals surface area contributed by atoms with E-state index in [9.17, 15) is 14.8 Å². The second-order valence-corrected chi connectivity index (χ2v) is 13.1. The van der Waals surface area contributed by atoms with Gasteiger partial charge >= 0.3 is 6.09 Å². The van der Waals surface area contributed by atoms with E-state index in [4.69, 9.17) is 32.2 Å². The summed E-state index contributed by atoms with van der Waals surface area (Å²) in [6, 6.07) is 0.782. The Kier molecular flexibility index (Phi) is 8.45. The van der Waals surface area contributed by atoms with E-state index < -0.39 is 34.9 Å². The van der Waals surface area contributed by atoms with Crippen molar-refractivity contribution >= 4 is 35.0 Å². The lowest BCUT2D eigenvalue weighted by atomic mass is 9.57. The van der Waals surface area contributed by atoms with Crippen LogP contribution in [0.2, 0.25) is 5.28 Å². The van der Waals surface area contributed by atoms with Crippen LogP contribution >= 0.6 is 11.6 Å². The summed E-state index contributed by atoms with van der Waals surface area (Å²) < 4.78 is 17.9. The molecule has 0 radical (unpaired) electrons. The van der Waals surface area contributed by atoms with Gasteiger partial charge in [-0.2, -0.15) is 0 Å². The molecular formula is C30H40ClN5O6. The fraction of sp³-hybridized carbons (Fsp3) is 0.700. The van der Waals surface area contributed by atoms with E-state index in [1.54, 1.807) is 11.0 Å². The maximum absolute atomic E-state index is 14.3. The number of piperazine rings is 1. The summed E-state index contributed by atoms with van der Waals surface area (Å²) in [4.78, 5) is 39.6. The van der Waals surface area contributed by atoms with Crippen LogP contribution < -0.4 is 4.90 Å². The second-order valence-electron chi connectivity index (χ2n) is 12.7. The molecule has 0 bridgehead atoms. The average Bonchev–Trinajstić information content (AvgIpc) is 3.40. The van der Waals surface area contributed by atoms with Crippen LogP contribution in [-0.2, 0) is 19.0 Å². The monoisotopic (exact) mass is 601 g/mol. The van der Waals surface area contributed by atoms with Gasteiger partial charge in [0.2, 0.25) is 5.28 Å². The first-order valence-corrected chi connectivity index (χ1v) is 15.1. The van der Waals surface area contributed by atoms with Crippen molar-refractivity contribution in [1.29, 1.82) is 0 Å². The first-order chi connectivity index (χ1) is 19.9. The van der Waals surface area contributed by atoms with Crippen molar-refractivity contribution in [2.75, 3.05) is 31.2 Å². The Bertz CT molecular complexity index is 1280. The van der Waals surface area contributed by atoms with Crippen molar-refractivity contribution in [1.82, 2.24) is 14.9 Å². The van der Waals surface area contributed by atoms with Gasteiger partial charge in [0.05, 0.1) is 42.8 Å². The normalized spacial score (nSPS) is 30.0. The highest BCUT2D eigenvalue weighted by molar-refractivity contribution is 6.28. The Labute approximate surface area is 251 Å². The minimum Gasteiger partial charge on any atom is -0.444 e. The first kappa shape index (κ1) is 30.5. The number of nitrogens with zero attached hydrogens (tertiary/aromatic N) is 5. The number of terminal acetylenes is 1. The van der Waals surface area contributed by atoms with E-state index in [1.807, 2.05) is 32.6 Å². The number of ether oxygens (including phenoxy) is 3. The molecule has 12 heteroatoms. The zero-order valence-electron chi connectivity index (χ0n) is 24.8. The standard InChI is InChI=1S/C30H40ClN5O6/c1-6-20-18-35(17-19(2)36(20)27(38)42-28(3,4)5)23-16-22(32-26(31)33-23)24(34-39)21-10-9-12-29(25(21)37)11-7-8-13-30(29)40-14-15-41-30/h1,16,19-21,39H,7-15,17-18H2,2-5H3/b34-24-/t19-,20-,21?,29-/m0/s1. The molecule has 1 N–H and O–H groups in total. The van der Waals surface area contributed by atoms with Crippen molar-refractivity contribution in [3.8, 4) is 12.3 Å². The van der Waals surface area contributed by atoms with Crippen molar-refractivity contribution in [2.24, 2.45) is 16.5 Å². The summed E-state index contributed by atoms with van der Waals surface area (Å²) in [6.07, 6.45) is 10.5. The summed E-state index contributed by atoms with van der Waals surface area (Å²) in [7, 11) is 0. The number of aromatic nitrogens is 2. The molecule has 2 aliphatic heterocycles. The third-order valence-corrected chi connectivity index (χ3v) is 9.09. The molecule has 42 heavy (non-hydrogen) atoms. The second kappa shape index (κ2) is 11.6. The van der Waals surface area contributed by atoms with Crippen LogP contribution in [0, 0.1) is 23.7 Å². The minimum absolute atomic E-state index is 0.0357. The van der Waals surface area contributed by atoms with Gasteiger partial charge in [-0.05, 0) is 65.0 Å². The summed E-state index contributed by atoms with van der Waals surface area (Å²) in [5, 5.41) is 13.8. The summed E-state index contributed by atoms with van der Waals surface area (Å²) in [6.45, 7) is 8.91. The molecule has 5 rings (SSSR count). The number of ketones is 1. The van der Waals surface area contributed by atoms with Crippen LogP contribution in [0.25, 0.3) is 0 Å². The van der Waals surface area contributed by atoms with E-state index >= 15 is 0 Å². The van der Waals surface area contributed by atoms with Gasteiger partial charge in [0.15, 0.2) is 11.6 Å². The summed E-state index contributed by atoms with van der Waals surface area (Å²) in [5.74, 6) is 1.49. The number of halogens is 1. The lowest BCUT2D eigenvalue weighted by molar-refractivity contribution is -0.255. The van der Waals surface area contributed by atoms with E-state index in [0.29, 0.717) is 51.3 Å². The Hall–Kier alpha value is -2.94. The number of amides is 1. The minimum atomic E-state index is -0.926. The molecule has 11 nitrogen and oxygen atoms in total. The Morgan fingerprint density at radius 2 is 1.88 bits per heavy atom. The Morgan fingerprint density at radius 3 is 2.55 bits per heavy atom. The number of fused-ring (bicyclic) bond motifs is 1. The van der Waals surface area contributed by atoms with E-state index in [1.165, 1.54) is 0 Å². The van der Waals surface area contributed by atoms with Gasteiger partial charge < -0.3 is 24.3 Å². The maximum atomic E-state index is 14.3. The van der Waals surface area contributed by atoms with Crippen molar-refractivity contribution in [2.45, 2.75) is 96.1 Å². The number of carbonyl (C=O) groups is 2. The van der Waals surface area contributed by atoms with Gasteiger partial charge in [0.25, 0.3) is 0 Å². The van der Waals surface area contributed by atoms with Crippen LogP contribution in [0.5, 0.6) is 0 Å². The molecule has 4 fully saturated rings. The van der Waals surface area contributed by atoms with Gasteiger partial charge in [-0.15, -0.1) is 6.42 Å². The quantitative estimate of drug-likeness (QED) is 0.176. The molecule has 0 aromatic carbocycles. The van der Waals surface area contributed by atoms with Crippen LogP contribution in [-0.4, -0.2) is 87.4 Å². The third-order valence-electron chi connectivity index (χ3n) is 8.92. The Morgan fingerprint density at radius 1 is 1.19 bits per heavy atom. The highest BCUT2D eigenvalue weighted by atomic mass is 35.5. The van der Waals surface area contributed by atoms with Gasteiger partial charge in [-0.3, -0.25) is 9.69 Å². The number of anilines is 1. The maximum Gasteiger partial charge on any atom is 0.411 e. The molecule has 2 spiro atoms. The number of rotatable bonds is 3. The molecule has 2 saturated carbocycles. The summed E-state index contributed by atoms with van der Waals surface area (Å²) in [5.41, 5.74) is -1.05. The molecule has 4 aliphatic rings. The van der Waals surface area contributed by atoms with Gasteiger partial charge in [0.1, 0.15) is 23.2 Å². The predicted octanol–water partition coefficient (Wildman–Crippen LogP) is 4.43. The molecule has 1 unspecified atom stereocenters. The van der Waals surface area contributed by atoms with Gasteiger partial charge in [0, 0.05) is 19.0 Å². The van der Waals surface area contributed by atoms with E-state index in [0.717, 1.165) is 19.3 Å². The van der Waals surface area contributed by atoms with Crippen molar-refractivity contribution in [3.05, 3.63) is 17.0 Å². The number of hydrogen-bond donors (Lipinski definition) is 1. The topological polar surface area (TPSA) is 127 Å². The number of hydrogen-bond acceptors (Lipinski definition) is 10. The zero-order chi connectivity index (χ0) is 30.3. The highest BCUT2D eigenvalue weighted by Gasteiger charge is 2.63. The highest BCUT2D eigenvalue weighted by Crippen LogP contribution is 2.56. The molecule has 4 atom stereocenters. The SMILES string of the molecule is C#C[C@H]1CN(c2cc(/C(=N\O)C3CCC[C@@]4(CCCCC45OCCO5)C3=O)nc(Cl)n2)C[C@H](C)N1C(=O)OC(C)(C)C. The molecule has 1 amide bonds. The molecule has 1 aromatic rings. The van der Waals surface area contributed by atoms with Crippen LogP contribution in [0.3, 0.4) is 0 Å². The smallest absolute Gasteiger partial charge is 0.411 e. The van der Waals surface area contributed by atoms with Gasteiger partial charge in [-0.1, -0.05) is 23.9 Å². The van der Waals surface area contributed by atoms with E-state index in [-0.39, 0.29) is 35.1 Å². The molecular weight excluding hydrogens is 562 g/mol. The first-order valence-electron chi connectivity index (χ1n) is 14.7. The number of carbonyl (C=O) groups excluding carboxylic acids is 2. The van der Waals surface area contributed by atoms with Gasteiger partial charge in [-0.25, -0.2) is 14.8 Å². The molecule has 3 heterocycles. The molecule has 2 aliphatic carbocycles. The average molecular weight is 602 g/mol. The lowest BCUT2D eigenvalue weighted by Crippen LogP contribution is -2.60. The fourth-order valence-corrected chi connectivity index (χ4v) is 7.38. The third kappa shape index (κ3) is 5.45. The fourth-order valence-electron chi connectivity index (χ4n) is 7.20. The van der Waals surface area contributed by atoms with E-state index in [2.05, 4.69) is 21.0 Å². The van der Waals surface area contributed by atoms with Crippen molar-refractivity contribution in [3.63, 3.8) is 0 Å². The van der Waals surface area contributed by atoms with Crippen LogP contribution in [0.1, 0.15) is 78.3 Å². The molecule has 2 saturated heterocycles. The van der Waals surface area contributed by atoms with Crippen molar-refractivity contribution < 1.29 is 29.0 Å². The van der Waals surface area contributed by atoms with Crippen LogP contribution in [0.4, 0.5) is 10.6 Å². The molecule has 228 valence electrons. The zero-order valence-corrected chi connectivity index (χ0v) is 25.5. The summed E-state index contributed by atoms with van der Waals surface area (Å²) >= 11 is 6.41. The number of oxime groups is 1. The Balaban J connectivity index is 1.42. The largest absolute Gasteiger partial charge is 0.444 e. The van der Waals surface area contributed by atoms with Crippen LogP contribution in [0.15, 0.2) is 11.2 Å².